The van der Waals surface area contributed by atoms with Crippen molar-refractivity contribution in [1.29, 1.82) is 0 Å². The molecule has 1 rings (SSSR count). The van der Waals surface area contributed by atoms with E-state index in [-0.39, 0.29) is 23.5 Å². The molecule has 0 spiro atoms. The Balaban J connectivity index is 2.74. The van der Waals surface area contributed by atoms with Gasteiger partial charge in [0.15, 0.2) is 9.84 Å². The number of carbonyl (C=O) groups excluding carboxylic acids is 1. The molecule has 1 fully saturated rings. The van der Waals surface area contributed by atoms with Gasteiger partial charge < -0.3 is 5.32 Å². The molecule has 1 aliphatic heterocycles. The van der Waals surface area contributed by atoms with Crippen LogP contribution in [-0.2, 0) is 14.6 Å². The van der Waals surface area contributed by atoms with Crippen molar-refractivity contribution in [2.75, 3.05) is 11.5 Å². The first kappa shape index (κ1) is 8.52. The van der Waals surface area contributed by atoms with Crippen molar-refractivity contribution >= 4 is 15.7 Å². The first-order valence-corrected chi connectivity index (χ1v) is 5.35. The zero-order valence-corrected chi connectivity index (χ0v) is 7.15. The van der Waals surface area contributed by atoms with Crippen molar-refractivity contribution < 1.29 is 13.2 Å². The van der Waals surface area contributed by atoms with E-state index >= 15 is 0 Å². The van der Waals surface area contributed by atoms with E-state index in [4.69, 9.17) is 0 Å². The number of sulfone groups is 1. The fraction of sp³-hybridized carbons (Fsp3) is 0.833. The van der Waals surface area contributed by atoms with E-state index in [0.717, 1.165) is 0 Å². The fourth-order valence-electron chi connectivity index (χ4n) is 1.10. The second kappa shape index (κ2) is 2.81. The molecule has 0 bridgehead atoms. The molecule has 0 aromatic carbocycles. The highest BCUT2D eigenvalue weighted by Gasteiger charge is 2.28. The molecule has 64 valence electrons. The molecule has 0 aromatic heterocycles. The van der Waals surface area contributed by atoms with Crippen molar-refractivity contribution in [3.63, 3.8) is 0 Å². The molecule has 1 N–H and O–H groups in total. The molecule has 1 aliphatic rings. The summed E-state index contributed by atoms with van der Waals surface area (Å²) in [4.78, 5) is 10.8. The van der Waals surface area contributed by atoms with E-state index in [1.807, 2.05) is 6.92 Å². The third-order valence-corrected chi connectivity index (χ3v) is 3.28. The Labute approximate surface area is 65.9 Å². The number of nitrogens with one attached hydrogen (secondary N) is 1. The van der Waals surface area contributed by atoms with Gasteiger partial charge in [0, 0.05) is 6.04 Å². The molecular formula is C6H11NO3S. The van der Waals surface area contributed by atoms with Gasteiger partial charge in [-0.15, -0.1) is 0 Å². The summed E-state index contributed by atoms with van der Waals surface area (Å²) in [5.41, 5.74) is 0. The van der Waals surface area contributed by atoms with Crippen LogP contribution in [0, 0.1) is 0 Å². The summed E-state index contributed by atoms with van der Waals surface area (Å²) in [5, 5.41) is 2.60. The zero-order valence-electron chi connectivity index (χ0n) is 6.33. The topological polar surface area (TPSA) is 63.2 Å². The van der Waals surface area contributed by atoms with E-state index in [1.165, 1.54) is 0 Å². The van der Waals surface area contributed by atoms with Gasteiger partial charge in [-0.1, -0.05) is 6.92 Å². The molecule has 4 nitrogen and oxygen atoms in total. The van der Waals surface area contributed by atoms with Crippen LogP contribution in [0.4, 0.5) is 0 Å². The summed E-state index contributed by atoms with van der Waals surface area (Å²) in [6, 6.07) is -0.179. The Morgan fingerprint density at radius 3 is 2.73 bits per heavy atom. The molecule has 0 radical (unpaired) electrons. The predicted molar refractivity (Wildman–Crippen MR) is 40.9 cm³/mol. The Morgan fingerprint density at radius 1 is 1.64 bits per heavy atom. The van der Waals surface area contributed by atoms with E-state index in [9.17, 15) is 13.2 Å². The van der Waals surface area contributed by atoms with Gasteiger partial charge in [-0.05, 0) is 6.42 Å². The maximum atomic E-state index is 11.0. The highest BCUT2D eigenvalue weighted by Crippen LogP contribution is 2.04. The Hall–Kier alpha value is -0.580. The zero-order chi connectivity index (χ0) is 8.48. The van der Waals surface area contributed by atoms with Crippen LogP contribution in [0.1, 0.15) is 13.3 Å². The standard InChI is InChI=1S/C6H11NO3S/c1-2-5-3-11(9,10)4-6(8)7-5/h5H,2-4H2,1H3,(H,7,8). The summed E-state index contributed by atoms with van der Waals surface area (Å²) < 4.78 is 21.9. The first-order chi connectivity index (χ1) is 5.03. The maximum absolute atomic E-state index is 11.0. The molecule has 5 heteroatoms. The minimum atomic E-state index is -3.11. The van der Waals surface area contributed by atoms with Gasteiger partial charge in [-0.3, -0.25) is 4.79 Å². The largest absolute Gasteiger partial charge is 0.351 e. The third-order valence-electron chi connectivity index (χ3n) is 1.66. The van der Waals surface area contributed by atoms with E-state index in [0.29, 0.717) is 6.42 Å². The monoisotopic (exact) mass is 177 g/mol. The molecule has 0 aliphatic carbocycles. The van der Waals surface area contributed by atoms with Crippen LogP contribution in [0.5, 0.6) is 0 Å². The summed E-state index contributed by atoms with van der Waals surface area (Å²) >= 11 is 0. The number of hydrogen-bond donors (Lipinski definition) is 1. The predicted octanol–water partition coefficient (Wildman–Crippen LogP) is -0.690. The molecule has 1 atom stereocenters. The van der Waals surface area contributed by atoms with Gasteiger partial charge in [-0.2, -0.15) is 0 Å². The quantitative estimate of drug-likeness (QED) is 0.576. The number of carbonyl (C=O) groups is 1. The Bertz CT molecular complexity index is 257. The number of amides is 1. The van der Waals surface area contributed by atoms with Crippen molar-refractivity contribution in [2.24, 2.45) is 0 Å². The average Bonchev–Trinajstić information content (AvgIpc) is 1.83. The van der Waals surface area contributed by atoms with Crippen molar-refractivity contribution in [2.45, 2.75) is 19.4 Å². The molecular weight excluding hydrogens is 166 g/mol. The van der Waals surface area contributed by atoms with Crippen LogP contribution in [0.2, 0.25) is 0 Å². The van der Waals surface area contributed by atoms with Crippen molar-refractivity contribution in [3.8, 4) is 0 Å². The first-order valence-electron chi connectivity index (χ1n) is 3.53. The number of hydrogen-bond acceptors (Lipinski definition) is 3. The molecule has 1 amide bonds. The van der Waals surface area contributed by atoms with Gasteiger partial charge in [0.25, 0.3) is 0 Å². The van der Waals surface area contributed by atoms with E-state index in [2.05, 4.69) is 5.32 Å². The van der Waals surface area contributed by atoms with Crippen LogP contribution in [-0.4, -0.2) is 31.9 Å². The van der Waals surface area contributed by atoms with Crippen LogP contribution in [0.25, 0.3) is 0 Å². The highest BCUT2D eigenvalue weighted by atomic mass is 32.2. The van der Waals surface area contributed by atoms with Crippen LogP contribution in [0.15, 0.2) is 0 Å². The lowest BCUT2D eigenvalue weighted by Crippen LogP contribution is -2.48. The van der Waals surface area contributed by atoms with Gasteiger partial charge in [0.05, 0.1) is 5.75 Å². The van der Waals surface area contributed by atoms with Gasteiger partial charge >= 0.3 is 0 Å². The lowest BCUT2D eigenvalue weighted by atomic mass is 10.2. The van der Waals surface area contributed by atoms with Gasteiger partial charge in [0.1, 0.15) is 5.75 Å². The second-order valence-corrected chi connectivity index (χ2v) is 4.84. The molecule has 1 unspecified atom stereocenters. The van der Waals surface area contributed by atoms with E-state index < -0.39 is 9.84 Å². The maximum Gasteiger partial charge on any atom is 0.235 e. The summed E-state index contributed by atoms with van der Waals surface area (Å²) in [7, 11) is -3.11. The number of rotatable bonds is 1. The molecule has 1 saturated heterocycles. The Kier molecular flexibility index (Phi) is 2.17. The van der Waals surface area contributed by atoms with Crippen LogP contribution < -0.4 is 5.32 Å². The van der Waals surface area contributed by atoms with Crippen LogP contribution in [0.3, 0.4) is 0 Å². The summed E-state index contributed by atoms with van der Waals surface area (Å²) in [5.74, 6) is -0.623. The average molecular weight is 177 g/mol. The fourth-order valence-corrected chi connectivity index (χ4v) is 2.63. The smallest absolute Gasteiger partial charge is 0.235 e. The minimum Gasteiger partial charge on any atom is -0.351 e. The van der Waals surface area contributed by atoms with Crippen molar-refractivity contribution in [3.05, 3.63) is 0 Å². The minimum absolute atomic E-state index is 0.0925. The third kappa shape index (κ3) is 2.18. The van der Waals surface area contributed by atoms with Crippen LogP contribution >= 0.6 is 0 Å². The normalized spacial score (nSPS) is 29.5. The van der Waals surface area contributed by atoms with Crippen molar-refractivity contribution in [1.82, 2.24) is 5.32 Å². The lowest BCUT2D eigenvalue weighted by Gasteiger charge is -2.21. The molecule has 0 saturated carbocycles. The lowest BCUT2D eigenvalue weighted by molar-refractivity contribution is -0.119. The second-order valence-electron chi connectivity index (χ2n) is 2.73. The molecule has 11 heavy (non-hydrogen) atoms. The van der Waals surface area contributed by atoms with Gasteiger partial charge in [0.2, 0.25) is 5.91 Å². The summed E-state index contributed by atoms with van der Waals surface area (Å²) in [6.07, 6.45) is 0.672. The Morgan fingerprint density at radius 2 is 2.27 bits per heavy atom. The molecule has 1 heterocycles. The highest BCUT2D eigenvalue weighted by molar-refractivity contribution is 7.92. The van der Waals surface area contributed by atoms with Gasteiger partial charge in [-0.25, -0.2) is 8.42 Å². The van der Waals surface area contributed by atoms with E-state index in [1.54, 1.807) is 0 Å². The summed E-state index contributed by atoms with van der Waals surface area (Å²) in [6.45, 7) is 1.85. The SMILES string of the molecule is CCC1CS(=O)(=O)CC(=O)N1. The molecule has 0 aromatic rings.